The number of carbonyl (C=O) groups excluding carboxylic acids is 2. The number of nitrogens with zero attached hydrogens (tertiary/aromatic N) is 1. The average Bonchev–Trinajstić information content (AvgIpc) is 2.10. The standard InChI is InChI=1S/C13H26N2O3/c1-8-10(16)15(7)9-13(5,6)14-11(17)18-12(2,3)4/h8-9H2,1-7H3,(H,14,17). The van der Waals surface area contributed by atoms with E-state index in [0.29, 0.717) is 13.0 Å². The molecular weight excluding hydrogens is 232 g/mol. The zero-order valence-corrected chi connectivity index (χ0v) is 12.6. The fourth-order valence-electron chi connectivity index (χ4n) is 1.57. The van der Waals surface area contributed by atoms with Crippen molar-refractivity contribution in [2.45, 2.75) is 59.1 Å². The van der Waals surface area contributed by atoms with Gasteiger partial charge in [0.1, 0.15) is 5.60 Å². The summed E-state index contributed by atoms with van der Waals surface area (Å²) in [5, 5.41) is 2.77. The summed E-state index contributed by atoms with van der Waals surface area (Å²) in [5.74, 6) is 0.0501. The summed E-state index contributed by atoms with van der Waals surface area (Å²) < 4.78 is 5.19. The summed E-state index contributed by atoms with van der Waals surface area (Å²) >= 11 is 0. The summed E-state index contributed by atoms with van der Waals surface area (Å²) in [6.07, 6.45) is -0.0104. The molecule has 0 radical (unpaired) electrons. The van der Waals surface area contributed by atoms with Crippen LogP contribution in [0.3, 0.4) is 0 Å². The fourth-order valence-corrected chi connectivity index (χ4v) is 1.57. The second-order valence-electron chi connectivity index (χ2n) is 6.11. The van der Waals surface area contributed by atoms with Gasteiger partial charge in [0, 0.05) is 20.0 Å². The van der Waals surface area contributed by atoms with Crippen LogP contribution in [0.2, 0.25) is 0 Å². The molecule has 5 heteroatoms. The predicted molar refractivity (Wildman–Crippen MR) is 71.4 cm³/mol. The first-order valence-corrected chi connectivity index (χ1v) is 6.22. The lowest BCUT2D eigenvalue weighted by Crippen LogP contribution is -2.52. The van der Waals surface area contributed by atoms with E-state index in [0.717, 1.165) is 0 Å². The van der Waals surface area contributed by atoms with Gasteiger partial charge in [-0.25, -0.2) is 4.79 Å². The van der Waals surface area contributed by atoms with Gasteiger partial charge in [-0.3, -0.25) is 4.79 Å². The van der Waals surface area contributed by atoms with Crippen molar-refractivity contribution < 1.29 is 14.3 Å². The molecule has 0 saturated heterocycles. The second-order valence-corrected chi connectivity index (χ2v) is 6.11. The molecule has 0 aromatic heterocycles. The molecule has 0 aliphatic carbocycles. The largest absolute Gasteiger partial charge is 0.444 e. The van der Waals surface area contributed by atoms with Crippen molar-refractivity contribution in [2.75, 3.05) is 13.6 Å². The van der Waals surface area contributed by atoms with Gasteiger partial charge in [-0.05, 0) is 34.6 Å². The molecule has 0 aromatic rings. The van der Waals surface area contributed by atoms with E-state index in [-0.39, 0.29) is 5.91 Å². The maximum atomic E-state index is 11.7. The SMILES string of the molecule is CCC(=O)N(C)CC(C)(C)NC(=O)OC(C)(C)C. The van der Waals surface area contributed by atoms with Gasteiger partial charge in [0.25, 0.3) is 0 Å². The van der Waals surface area contributed by atoms with Crippen molar-refractivity contribution in [3.05, 3.63) is 0 Å². The third-order valence-corrected chi connectivity index (χ3v) is 2.20. The van der Waals surface area contributed by atoms with Gasteiger partial charge >= 0.3 is 6.09 Å². The van der Waals surface area contributed by atoms with Crippen LogP contribution in [0.5, 0.6) is 0 Å². The normalized spacial score (nSPS) is 11.9. The average molecular weight is 258 g/mol. The minimum Gasteiger partial charge on any atom is -0.444 e. The minimum atomic E-state index is -0.526. The van der Waals surface area contributed by atoms with Crippen LogP contribution < -0.4 is 5.32 Å². The number of alkyl carbamates (subject to hydrolysis) is 1. The molecule has 0 aromatic carbocycles. The smallest absolute Gasteiger partial charge is 0.408 e. The second kappa shape index (κ2) is 6.07. The summed E-state index contributed by atoms with van der Waals surface area (Å²) in [6.45, 7) is 11.4. The van der Waals surface area contributed by atoms with E-state index in [4.69, 9.17) is 4.74 Å². The van der Waals surface area contributed by atoms with Gasteiger partial charge < -0.3 is 15.0 Å². The molecule has 0 aliphatic heterocycles. The van der Waals surface area contributed by atoms with Crippen molar-refractivity contribution in [1.29, 1.82) is 0 Å². The monoisotopic (exact) mass is 258 g/mol. The van der Waals surface area contributed by atoms with Crippen LogP contribution in [-0.2, 0) is 9.53 Å². The van der Waals surface area contributed by atoms with Crippen LogP contribution >= 0.6 is 0 Å². The lowest BCUT2D eigenvalue weighted by atomic mass is 10.1. The Balaban J connectivity index is 4.39. The molecule has 0 saturated carbocycles. The molecule has 0 spiro atoms. The van der Waals surface area contributed by atoms with Gasteiger partial charge in [0.15, 0.2) is 0 Å². The Hall–Kier alpha value is -1.26. The first-order chi connectivity index (χ1) is 7.97. The van der Waals surface area contributed by atoms with Crippen LogP contribution in [-0.4, -0.2) is 41.6 Å². The Morgan fingerprint density at radius 1 is 1.17 bits per heavy atom. The van der Waals surface area contributed by atoms with E-state index in [2.05, 4.69) is 5.32 Å². The molecule has 0 unspecified atom stereocenters. The summed E-state index contributed by atoms with van der Waals surface area (Å²) in [6, 6.07) is 0. The number of hydrogen-bond acceptors (Lipinski definition) is 3. The van der Waals surface area contributed by atoms with Crippen molar-refractivity contribution >= 4 is 12.0 Å². The summed E-state index contributed by atoms with van der Waals surface area (Å²) in [4.78, 5) is 24.8. The molecule has 0 atom stereocenters. The molecular formula is C13H26N2O3. The molecule has 1 N–H and O–H groups in total. The molecule has 106 valence electrons. The minimum absolute atomic E-state index is 0.0501. The van der Waals surface area contributed by atoms with E-state index >= 15 is 0 Å². The van der Waals surface area contributed by atoms with Crippen LogP contribution in [0.4, 0.5) is 4.79 Å². The van der Waals surface area contributed by atoms with E-state index in [1.807, 2.05) is 41.5 Å². The molecule has 5 nitrogen and oxygen atoms in total. The Labute approximate surface area is 110 Å². The maximum Gasteiger partial charge on any atom is 0.408 e. The Bertz CT molecular complexity index is 306. The Morgan fingerprint density at radius 2 is 1.67 bits per heavy atom. The van der Waals surface area contributed by atoms with Gasteiger partial charge in [-0.2, -0.15) is 0 Å². The first kappa shape index (κ1) is 16.7. The first-order valence-electron chi connectivity index (χ1n) is 6.22. The highest BCUT2D eigenvalue weighted by Gasteiger charge is 2.26. The van der Waals surface area contributed by atoms with E-state index in [9.17, 15) is 9.59 Å². The van der Waals surface area contributed by atoms with Gasteiger partial charge in [0.2, 0.25) is 5.91 Å². The van der Waals surface area contributed by atoms with Crippen LogP contribution in [0.1, 0.15) is 48.0 Å². The Kier molecular flexibility index (Phi) is 5.64. The molecule has 18 heavy (non-hydrogen) atoms. The van der Waals surface area contributed by atoms with Gasteiger partial charge in [0.05, 0.1) is 5.54 Å². The summed E-state index contributed by atoms with van der Waals surface area (Å²) in [5.41, 5.74) is -1.05. The molecule has 0 rings (SSSR count). The topological polar surface area (TPSA) is 58.6 Å². The van der Waals surface area contributed by atoms with E-state index in [1.165, 1.54) is 0 Å². The molecule has 0 fully saturated rings. The van der Waals surface area contributed by atoms with Crippen molar-refractivity contribution in [1.82, 2.24) is 10.2 Å². The van der Waals surface area contributed by atoms with Crippen molar-refractivity contribution in [3.63, 3.8) is 0 Å². The number of carbonyl (C=O) groups is 2. The third-order valence-electron chi connectivity index (χ3n) is 2.20. The van der Waals surface area contributed by atoms with E-state index < -0.39 is 17.2 Å². The number of hydrogen-bond donors (Lipinski definition) is 1. The number of ether oxygens (including phenoxy) is 1. The fraction of sp³-hybridized carbons (Fsp3) is 0.846. The number of nitrogens with one attached hydrogen (secondary N) is 1. The van der Waals surface area contributed by atoms with Crippen LogP contribution in [0.15, 0.2) is 0 Å². The maximum absolute atomic E-state index is 11.7. The predicted octanol–water partition coefficient (Wildman–Crippen LogP) is 2.16. The highest BCUT2D eigenvalue weighted by atomic mass is 16.6. The zero-order valence-electron chi connectivity index (χ0n) is 12.6. The zero-order chi connectivity index (χ0) is 14.6. The lowest BCUT2D eigenvalue weighted by Gasteiger charge is -2.32. The number of amides is 2. The van der Waals surface area contributed by atoms with Gasteiger partial charge in [-0.15, -0.1) is 0 Å². The number of rotatable bonds is 4. The number of likely N-dealkylation sites (N-methyl/N-ethyl adjacent to an activating group) is 1. The molecule has 2 amide bonds. The molecule has 0 bridgehead atoms. The van der Waals surface area contributed by atoms with Crippen LogP contribution in [0, 0.1) is 0 Å². The molecule has 0 aliphatic rings. The highest BCUT2D eigenvalue weighted by Crippen LogP contribution is 2.10. The van der Waals surface area contributed by atoms with Crippen molar-refractivity contribution in [2.24, 2.45) is 0 Å². The molecule has 0 heterocycles. The highest BCUT2D eigenvalue weighted by molar-refractivity contribution is 5.75. The summed E-state index contributed by atoms with van der Waals surface area (Å²) in [7, 11) is 1.73. The Morgan fingerprint density at radius 3 is 2.06 bits per heavy atom. The van der Waals surface area contributed by atoms with Crippen molar-refractivity contribution in [3.8, 4) is 0 Å². The van der Waals surface area contributed by atoms with E-state index in [1.54, 1.807) is 11.9 Å². The third kappa shape index (κ3) is 7.14. The quantitative estimate of drug-likeness (QED) is 0.840. The lowest BCUT2D eigenvalue weighted by molar-refractivity contribution is -0.130. The van der Waals surface area contributed by atoms with Gasteiger partial charge in [-0.1, -0.05) is 6.92 Å². The van der Waals surface area contributed by atoms with Crippen LogP contribution in [0.25, 0.3) is 0 Å².